The maximum absolute atomic E-state index is 9.14. The quantitative estimate of drug-likeness (QED) is 0.879. The summed E-state index contributed by atoms with van der Waals surface area (Å²) >= 11 is 0. The van der Waals surface area contributed by atoms with Crippen LogP contribution in [0.3, 0.4) is 0 Å². The molecule has 5 heteroatoms. The zero-order chi connectivity index (χ0) is 14.7. The van der Waals surface area contributed by atoms with E-state index >= 15 is 0 Å². The zero-order valence-corrected chi connectivity index (χ0v) is 13.1. The summed E-state index contributed by atoms with van der Waals surface area (Å²) in [6.45, 7) is 3.21. The molecule has 3 rings (SSSR count). The first-order valence-corrected chi connectivity index (χ1v) is 8.38. The van der Waals surface area contributed by atoms with Gasteiger partial charge in [0.05, 0.1) is 19.3 Å². The van der Waals surface area contributed by atoms with Crippen LogP contribution in [0.4, 0.5) is 0 Å². The molecule has 0 saturated carbocycles. The molecule has 1 aromatic heterocycles. The van der Waals surface area contributed by atoms with Crippen molar-refractivity contribution < 1.29 is 5.11 Å². The Morgan fingerprint density at radius 3 is 3.05 bits per heavy atom. The fourth-order valence-corrected chi connectivity index (χ4v) is 3.77. The number of rotatable bonds is 4. The largest absolute Gasteiger partial charge is 0.394 e. The second-order valence-electron chi connectivity index (χ2n) is 6.54. The lowest BCUT2D eigenvalue weighted by atomic mass is 9.91. The Kier molecular flexibility index (Phi) is 4.93. The Bertz CT molecular complexity index is 459. The zero-order valence-electron chi connectivity index (χ0n) is 13.1. The first-order valence-electron chi connectivity index (χ1n) is 8.38. The molecule has 118 valence electrons. The average molecular weight is 292 g/mol. The second-order valence-corrected chi connectivity index (χ2v) is 6.54. The van der Waals surface area contributed by atoms with E-state index in [2.05, 4.69) is 22.4 Å². The van der Waals surface area contributed by atoms with E-state index in [4.69, 9.17) is 5.11 Å². The summed E-state index contributed by atoms with van der Waals surface area (Å²) < 4.78 is 1.99. The van der Waals surface area contributed by atoms with E-state index in [9.17, 15) is 0 Å². The van der Waals surface area contributed by atoms with E-state index in [1.54, 1.807) is 0 Å². The maximum Gasteiger partial charge on any atom is 0.0644 e. The van der Waals surface area contributed by atoms with Crippen LogP contribution in [-0.4, -0.2) is 52.6 Å². The number of nitrogens with one attached hydrogen (secondary N) is 1. The van der Waals surface area contributed by atoms with Crippen molar-refractivity contribution in [2.45, 2.75) is 57.2 Å². The number of nitrogens with zero attached hydrogens (tertiary/aromatic N) is 3. The third kappa shape index (κ3) is 3.47. The molecule has 1 aromatic rings. The fourth-order valence-electron chi connectivity index (χ4n) is 3.77. The number of aliphatic hydroxyl groups is 1. The molecule has 0 amide bonds. The molecule has 1 aliphatic carbocycles. The van der Waals surface area contributed by atoms with Crippen LogP contribution >= 0.6 is 0 Å². The van der Waals surface area contributed by atoms with Gasteiger partial charge in [-0.1, -0.05) is 0 Å². The molecule has 5 nitrogen and oxygen atoms in total. The van der Waals surface area contributed by atoms with Crippen LogP contribution in [0.15, 0.2) is 6.20 Å². The average Bonchev–Trinajstić information content (AvgIpc) is 2.78. The maximum atomic E-state index is 9.14. The molecular formula is C16H28N4O. The van der Waals surface area contributed by atoms with E-state index in [1.165, 1.54) is 56.5 Å². The summed E-state index contributed by atoms with van der Waals surface area (Å²) in [4.78, 5) is 2.44. The van der Waals surface area contributed by atoms with E-state index in [0.29, 0.717) is 18.6 Å². The summed E-state index contributed by atoms with van der Waals surface area (Å²) in [5, 5.41) is 17.5. The topological polar surface area (TPSA) is 53.3 Å². The standard InChI is InChI=1S/C16H28N4O/c1-19-8-3-4-13(7-9-19)18-15-5-2-6-16-14(15)12-17-20(16)10-11-21/h12-13,15,18,21H,2-11H2,1H3. The molecule has 2 heterocycles. The predicted molar refractivity (Wildman–Crippen MR) is 83.3 cm³/mol. The van der Waals surface area contributed by atoms with Crippen LogP contribution in [0, 0.1) is 0 Å². The molecule has 1 fully saturated rings. The van der Waals surface area contributed by atoms with Gasteiger partial charge in [0.15, 0.2) is 0 Å². The summed E-state index contributed by atoms with van der Waals surface area (Å²) in [5.74, 6) is 0. The van der Waals surface area contributed by atoms with Crippen LogP contribution in [0.25, 0.3) is 0 Å². The molecule has 0 spiro atoms. The number of hydrogen-bond donors (Lipinski definition) is 2. The molecule has 1 aliphatic heterocycles. The van der Waals surface area contributed by atoms with Crippen molar-refractivity contribution in [1.29, 1.82) is 0 Å². The van der Waals surface area contributed by atoms with Crippen molar-refractivity contribution in [3.8, 4) is 0 Å². The lowest BCUT2D eigenvalue weighted by Gasteiger charge is -2.28. The molecule has 0 radical (unpaired) electrons. The summed E-state index contributed by atoms with van der Waals surface area (Å²) in [6, 6.07) is 1.08. The minimum Gasteiger partial charge on any atom is -0.394 e. The molecule has 2 aliphatic rings. The van der Waals surface area contributed by atoms with Crippen LogP contribution in [0.5, 0.6) is 0 Å². The van der Waals surface area contributed by atoms with E-state index in [0.717, 1.165) is 6.42 Å². The van der Waals surface area contributed by atoms with Crippen LogP contribution in [0.1, 0.15) is 49.4 Å². The number of aliphatic hydroxyl groups excluding tert-OH is 1. The normalized spacial score (nSPS) is 27.3. The van der Waals surface area contributed by atoms with E-state index in [1.807, 2.05) is 10.9 Å². The van der Waals surface area contributed by atoms with Crippen molar-refractivity contribution in [1.82, 2.24) is 20.0 Å². The highest BCUT2D eigenvalue weighted by atomic mass is 16.3. The van der Waals surface area contributed by atoms with Crippen molar-refractivity contribution >= 4 is 0 Å². The van der Waals surface area contributed by atoms with Crippen molar-refractivity contribution in [3.05, 3.63) is 17.5 Å². The van der Waals surface area contributed by atoms with Gasteiger partial charge in [0.25, 0.3) is 0 Å². The van der Waals surface area contributed by atoms with Gasteiger partial charge in [-0.05, 0) is 58.7 Å². The second kappa shape index (κ2) is 6.90. The van der Waals surface area contributed by atoms with Gasteiger partial charge in [0.1, 0.15) is 0 Å². The Labute approximate surface area is 127 Å². The Morgan fingerprint density at radius 2 is 2.19 bits per heavy atom. The molecule has 0 aromatic carbocycles. The Morgan fingerprint density at radius 1 is 1.29 bits per heavy atom. The SMILES string of the molecule is CN1CCCC(NC2CCCc3c2cnn3CCO)CC1. The van der Waals surface area contributed by atoms with Gasteiger partial charge >= 0.3 is 0 Å². The number of hydrogen-bond acceptors (Lipinski definition) is 4. The van der Waals surface area contributed by atoms with Crippen molar-refractivity contribution in [2.75, 3.05) is 26.7 Å². The smallest absolute Gasteiger partial charge is 0.0644 e. The van der Waals surface area contributed by atoms with Crippen LogP contribution in [-0.2, 0) is 13.0 Å². The van der Waals surface area contributed by atoms with E-state index < -0.39 is 0 Å². The first-order chi connectivity index (χ1) is 10.3. The predicted octanol–water partition coefficient (Wildman–Crippen LogP) is 1.33. The summed E-state index contributed by atoms with van der Waals surface area (Å²) in [7, 11) is 2.22. The summed E-state index contributed by atoms with van der Waals surface area (Å²) in [6.07, 6.45) is 9.36. The van der Waals surface area contributed by atoms with Gasteiger partial charge < -0.3 is 15.3 Å². The number of fused-ring (bicyclic) bond motifs is 1. The lowest BCUT2D eigenvalue weighted by molar-refractivity contribution is 0.266. The van der Waals surface area contributed by atoms with Gasteiger partial charge in [-0.15, -0.1) is 0 Å². The minimum absolute atomic E-state index is 0.168. The molecular weight excluding hydrogens is 264 g/mol. The highest BCUT2D eigenvalue weighted by molar-refractivity contribution is 5.25. The fraction of sp³-hybridized carbons (Fsp3) is 0.812. The minimum atomic E-state index is 0.168. The summed E-state index contributed by atoms with van der Waals surface area (Å²) in [5.41, 5.74) is 2.70. The molecule has 2 atom stereocenters. The Hall–Kier alpha value is -0.910. The van der Waals surface area contributed by atoms with E-state index in [-0.39, 0.29) is 6.61 Å². The van der Waals surface area contributed by atoms with Gasteiger partial charge in [-0.2, -0.15) is 5.10 Å². The van der Waals surface area contributed by atoms with Crippen LogP contribution < -0.4 is 5.32 Å². The Balaban J connectivity index is 1.67. The number of likely N-dealkylation sites (tertiary alicyclic amines) is 1. The van der Waals surface area contributed by atoms with Gasteiger partial charge in [-0.25, -0.2) is 0 Å². The number of aromatic nitrogens is 2. The third-order valence-electron chi connectivity index (χ3n) is 4.96. The molecule has 2 N–H and O–H groups in total. The highest BCUT2D eigenvalue weighted by Gasteiger charge is 2.26. The van der Waals surface area contributed by atoms with Crippen molar-refractivity contribution in [3.63, 3.8) is 0 Å². The third-order valence-corrected chi connectivity index (χ3v) is 4.96. The van der Waals surface area contributed by atoms with Gasteiger partial charge in [-0.3, -0.25) is 4.68 Å². The first kappa shape index (κ1) is 15.0. The molecule has 0 bridgehead atoms. The molecule has 1 saturated heterocycles. The molecule has 21 heavy (non-hydrogen) atoms. The highest BCUT2D eigenvalue weighted by Crippen LogP contribution is 2.30. The monoisotopic (exact) mass is 292 g/mol. The molecule has 2 unspecified atom stereocenters. The van der Waals surface area contributed by atoms with Crippen molar-refractivity contribution in [2.24, 2.45) is 0 Å². The van der Waals surface area contributed by atoms with Gasteiger partial charge in [0.2, 0.25) is 0 Å². The van der Waals surface area contributed by atoms with Gasteiger partial charge in [0, 0.05) is 23.3 Å². The van der Waals surface area contributed by atoms with Crippen LogP contribution in [0.2, 0.25) is 0 Å². The lowest BCUT2D eigenvalue weighted by Crippen LogP contribution is -2.35.